The average molecular weight is 180 g/mol. The Morgan fingerprint density at radius 1 is 0.923 bits per heavy atom. The maximum absolute atomic E-state index is 2.62. The van der Waals surface area contributed by atoms with Gasteiger partial charge in [0.05, 0.1) is 0 Å². The lowest BCUT2D eigenvalue weighted by molar-refractivity contribution is -0.166. The summed E-state index contributed by atoms with van der Waals surface area (Å²) in [5.41, 5.74) is 1.35. The number of rotatable bonds is 0. The summed E-state index contributed by atoms with van der Waals surface area (Å²) in [7, 11) is 4.60. The second-order valence-electron chi connectivity index (χ2n) is 5.47. The van der Waals surface area contributed by atoms with Gasteiger partial charge >= 0.3 is 0 Å². The molecule has 3 rings (SSSR count). The van der Waals surface area contributed by atoms with Crippen molar-refractivity contribution < 1.29 is 0 Å². The highest BCUT2D eigenvalue weighted by atomic mass is 15.3. The molecule has 0 aromatic rings. The Labute approximate surface area is 80.9 Å². The molecule has 1 aliphatic carbocycles. The van der Waals surface area contributed by atoms with Gasteiger partial charge in [-0.05, 0) is 46.3 Å². The van der Waals surface area contributed by atoms with Crippen molar-refractivity contribution in [3.05, 3.63) is 0 Å². The van der Waals surface area contributed by atoms with Gasteiger partial charge in [0.15, 0.2) is 0 Å². The molecule has 2 nitrogen and oxygen atoms in total. The topological polar surface area (TPSA) is 6.48 Å². The van der Waals surface area contributed by atoms with Crippen LogP contribution < -0.4 is 0 Å². The van der Waals surface area contributed by atoms with Crippen molar-refractivity contribution in [3.63, 3.8) is 0 Å². The summed E-state index contributed by atoms with van der Waals surface area (Å²) in [6.07, 6.45) is 5.88. The molecule has 0 N–H and O–H groups in total. The predicted octanol–water partition coefficient (Wildman–Crippen LogP) is 1.18. The lowest BCUT2D eigenvalue weighted by atomic mass is 9.49. The third-order valence-corrected chi connectivity index (χ3v) is 5.14. The lowest BCUT2D eigenvalue weighted by Crippen LogP contribution is -2.73. The monoisotopic (exact) mass is 180 g/mol. The minimum Gasteiger partial charge on any atom is -0.306 e. The number of hydrogen-bond donors (Lipinski definition) is 0. The molecular weight excluding hydrogens is 160 g/mol. The van der Waals surface area contributed by atoms with Crippen LogP contribution in [0.1, 0.15) is 25.7 Å². The van der Waals surface area contributed by atoms with E-state index in [1.54, 1.807) is 0 Å². The van der Waals surface area contributed by atoms with Crippen LogP contribution in [-0.4, -0.2) is 49.1 Å². The molecule has 13 heavy (non-hydrogen) atoms. The SMILES string of the molecule is CN1CCC2(CCC23CCN3C)C1. The van der Waals surface area contributed by atoms with Gasteiger partial charge in [0, 0.05) is 24.0 Å². The molecule has 0 radical (unpaired) electrons. The summed E-state index contributed by atoms with van der Waals surface area (Å²) in [5, 5.41) is 0. The standard InChI is InChI=1S/C11H20N2/c1-12-7-5-10(9-12)3-4-11(10)6-8-13(11)2/h3-9H2,1-2H3. The fraction of sp³-hybridized carbons (Fsp3) is 1.00. The maximum Gasteiger partial charge on any atom is 0.0287 e. The first-order valence-corrected chi connectivity index (χ1v) is 5.58. The van der Waals surface area contributed by atoms with Crippen molar-refractivity contribution in [2.24, 2.45) is 5.41 Å². The first kappa shape index (κ1) is 8.25. The summed E-state index contributed by atoms with van der Waals surface area (Å²) < 4.78 is 0. The number of hydrogen-bond acceptors (Lipinski definition) is 2. The molecule has 3 fully saturated rings. The van der Waals surface area contributed by atoms with Crippen LogP contribution in [0.25, 0.3) is 0 Å². The van der Waals surface area contributed by atoms with Crippen LogP contribution in [0.4, 0.5) is 0 Å². The highest BCUT2D eigenvalue weighted by molar-refractivity contribution is 5.20. The summed E-state index contributed by atoms with van der Waals surface area (Å²) in [6, 6.07) is 0. The Morgan fingerprint density at radius 2 is 1.77 bits per heavy atom. The van der Waals surface area contributed by atoms with Gasteiger partial charge in [-0.25, -0.2) is 0 Å². The molecule has 0 amide bonds. The third kappa shape index (κ3) is 0.774. The molecule has 3 aliphatic rings. The highest BCUT2D eigenvalue weighted by Gasteiger charge is 2.65. The quantitative estimate of drug-likeness (QED) is 0.552. The van der Waals surface area contributed by atoms with Gasteiger partial charge in [0.1, 0.15) is 0 Å². The van der Waals surface area contributed by atoms with Crippen LogP contribution >= 0.6 is 0 Å². The first-order valence-electron chi connectivity index (χ1n) is 5.58. The maximum atomic E-state index is 2.62. The minimum atomic E-state index is 0.651. The van der Waals surface area contributed by atoms with Crippen LogP contribution in [0, 0.1) is 5.41 Å². The molecule has 2 aliphatic heterocycles. The van der Waals surface area contributed by atoms with Gasteiger partial charge < -0.3 is 4.90 Å². The molecule has 2 spiro atoms. The minimum absolute atomic E-state index is 0.651. The molecule has 2 heterocycles. The molecule has 2 heteroatoms. The van der Waals surface area contributed by atoms with E-state index in [9.17, 15) is 0 Å². The van der Waals surface area contributed by atoms with Crippen LogP contribution in [0.2, 0.25) is 0 Å². The molecule has 0 aromatic heterocycles. The van der Waals surface area contributed by atoms with E-state index < -0.39 is 0 Å². The summed E-state index contributed by atoms with van der Waals surface area (Å²) in [6.45, 7) is 4.03. The van der Waals surface area contributed by atoms with Crippen molar-refractivity contribution in [1.82, 2.24) is 9.80 Å². The van der Waals surface area contributed by atoms with E-state index in [1.807, 2.05) is 0 Å². The molecule has 74 valence electrons. The zero-order valence-corrected chi connectivity index (χ0v) is 8.84. The van der Waals surface area contributed by atoms with Crippen molar-refractivity contribution in [2.45, 2.75) is 31.2 Å². The van der Waals surface area contributed by atoms with Crippen molar-refractivity contribution >= 4 is 0 Å². The molecule has 2 unspecified atom stereocenters. The molecule has 1 saturated carbocycles. The molecule has 2 atom stereocenters. The van der Waals surface area contributed by atoms with E-state index in [0.717, 1.165) is 0 Å². The Balaban J connectivity index is 1.85. The van der Waals surface area contributed by atoms with Crippen LogP contribution in [0.5, 0.6) is 0 Å². The molecule has 2 saturated heterocycles. The number of fused-ring (bicyclic) bond motifs is 1. The van der Waals surface area contributed by atoms with E-state index >= 15 is 0 Å². The fourth-order valence-electron chi connectivity index (χ4n) is 4.02. The fourth-order valence-corrected chi connectivity index (χ4v) is 4.02. The van der Waals surface area contributed by atoms with E-state index in [-0.39, 0.29) is 0 Å². The normalized spacial score (nSPS) is 51.2. The van der Waals surface area contributed by atoms with Crippen molar-refractivity contribution in [2.75, 3.05) is 33.7 Å². The Kier molecular flexibility index (Phi) is 1.45. The number of nitrogens with zero attached hydrogens (tertiary/aromatic N) is 2. The number of likely N-dealkylation sites (tertiary alicyclic amines) is 2. The van der Waals surface area contributed by atoms with Crippen molar-refractivity contribution in [3.8, 4) is 0 Å². The summed E-state index contributed by atoms with van der Waals surface area (Å²) in [4.78, 5) is 5.14. The molecule has 0 bridgehead atoms. The Hall–Kier alpha value is -0.0800. The third-order valence-electron chi connectivity index (χ3n) is 5.14. The van der Waals surface area contributed by atoms with Gasteiger partial charge in [0.2, 0.25) is 0 Å². The zero-order chi connectivity index (χ0) is 9.10. The highest BCUT2D eigenvalue weighted by Crippen LogP contribution is 2.62. The molecule has 0 aromatic carbocycles. The lowest BCUT2D eigenvalue weighted by Gasteiger charge is -2.68. The van der Waals surface area contributed by atoms with Gasteiger partial charge in [-0.2, -0.15) is 0 Å². The average Bonchev–Trinajstić information content (AvgIpc) is 2.46. The zero-order valence-electron chi connectivity index (χ0n) is 8.84. The van der Waals surface area contributed by atoms with Gasteiger partial charge in [0.25, 0.3) is 0 Å². The summed E-state index contributed by atoms with van der Waals surface area (Å²) >= 11 is 0. The second kappa shape index (κ2) is 2.29. The van der Waals surface area contributed by atoms with Gasteiger partial charge in [-0.1, -0.05) is 0 Å². The predicted molar refractivity (Wildman–Crippen MR) is 53.8 cm³/mol. The smallest absolute Gasteiger partial charge is 0.0287 e. The largest absolute Gasteiger partial charge is 0.306 e. The summed E-state index contributed by atoms with van der Waals surface area (Å²) in [5.74, 6) is 0. The van der Waals surface area contributed by atoms with Gasteiger partial charge in [-0.3, -0.25) is 4.90 Å². The van der Waals surface area contributed by atoms with E-state index in [2.05, 4.69) is 23.9 Å². The molecular formula is C11H20N2. The Morgan fingerprint density at radius 3 is 2.08 bits per heavy atom. The van der Waals surface area contributed by atoms with E-state index in [1.165, 1.54) is 45.3 Å². The van der Waals surface area contributed by atoms with Crippen LogP contribution in [0.3, 0.4) is 0 Å². The van der Waals surface area contributed by atoms with E-state index in [4.69, 9.17) is 0 Å². The van der Waals surface area contributed by atoms with Crippen molar-refractivity contribution in [1.29, 1.82) is 0 Å². The van der Waals surface area contributed by atoms with Crippen LogP contribution in [0.15, 0.2) is 0 Å². The first-order chi connectivity index (χ1) is 6.19. The second-order valence-corrected chi connectivity index (χ2v) is 5.47. The van der Waals surface area contributed by atoms with Crippen LogP contribution in [-0.2, 0) is 0 Å². The van der Waals surface area contributed by atoms with E-state index in [0.29, 0.717) is 11.0 Å². The Bertz CT molecular complexity index is 236. The van der Waals surface area contributed by atoms with Gasteiger partial charge in [-0.15, -0.1) is 0 Å².